The molecule has 0 saturated heterocycles. The lowest BCUT2D eigenvalue weighted by atomic mass is 10.1. The van der Waals surface area contributed by atoms with Gasteiger partial charge in [0.1, 0.15) is 12.1 Å². The predicted octanol–water partition coefficient (Wildman–Crippen LogP) is 1.46. The van der Waals surface area contributed by atoms with Gasteiger partial charge in [-0.05, 0) is 12.8 Å². The summed E-state index contributed by atoms with van der Waals surface area (Å²) in [5.41, 5.74) is 0. The summed E-state index contributed by atoms with van der Waals surface area (Å²) in [5, 5.41) is 16.4. The Morgan fingerprint density at radius 2 is 1.17 bits per heavy atom. The third-order valence-corrected chi connectivity index (χ3v) is 2.11. The van der Waals surface area contributed by atoms with Crippen molar-refractivity contribution in [3.8, 4) is 12.1 Å². The zero-order chi connectivity index (χ0) is 13.6. The van der Waals surface area contributed by atoms with Crippen LogP contribution in [0.3, 0.4) is 0 Å². The van der Waals surface area contributed by atoms with E-state index in [4.69, 9.17) is 10.5 Å². The molecule has 0 unspecified atom stereocenters. The topological polar surface area (TPSA) is 100 Å². The van der Waals surface area contributed by atoms with E-state index < -0.39 is 0 Å². The molecule has 0 saturated carbocycles. The second-order valence-corrected chi connectivity index (χ2v) is 3.55. The maximum Gasteiger partial charge on any atom is 0.306 e. The molecular weight excluding hydrogens is 236 g/mol. The largest absolute Gasteiger partial charge is 0.450 e. The SMILES string of the molecule is N#CCOC(=O)CCCCCCC(=O)OCC#N. The highest BCUT2D eigenvalue weighted by Gasteiger charge is 2.04. The van der Waals surface area contributed by atoms with Crippen molar-refractivity contribution in [3.63, 3.8) is 0 Å². The first-order valence-electron chi connectivity index (χ1n) is 5.76. The summed E-state index contributed by atoms with van der Waals surface area (Å²) in [5.74, 6) is -0.741. The standard InChI is InChI=1S/C12H16N2O4/c13-7-9-17-11(15)5-3-1-2-4-6-12(16)18-10-8-14/h1-6,9-10H2. The minimum atomic E-state index is -0.370. The lowest BCUT2D eigenvalue weighted by Gasteiger charge is -2.02. The molecule has 0 aromatic heterocycles. The molecule has 0 bridgehead atoms. The molecule has 6 heteroatoms. The molecule has 18 heavy (non-hydrogen) atoms. The van der Waals surface area contributed by atoms with Crippen molar-refractivity contribution >= 4 is 11.9 Å². The van der Waals surface area contributed by atoms with Crippen LogP contribution in [0.5, 0.6) is 0 Å². The lowest BCUT2D eigenvalue weighted by Crippen LogP contribution is -2.05. The van der Waals surface area contributed by atoms with Crippen molar-refractivity contribution in [1.29, 1.82) is 10.5 Å². The van der Waals surface area contributed by atoms with Crippen molar-refractivity contribution in [1.82, 2.24) is 0 Å². The number of rotatable bonds is 9. The molecule has 6 nitrogen and oxygen atoms in total. The van der Waals surface area contributed by atoms with Gasteiger partial charge in [-0.1, -0.05) is 12.8 Å². The van der Waals surface area contributed by atoms with Gasteiger partial charge in [0.25, 0.3) is 0 Å². The molecule has 0 atom stereocenters. The van der Waals surface area contributed by atoms with Gasteiger partial charge in [-0.3, -0.25) is 9.59 Å². The smallest absolute Gasteiger partial charge is 0.306 e. The van der Waals surface area contributed by atoms with E-state index in [-0.39, 0.29) is 25.2 Å². The summed E-state index contributed by atoms with van der Waals surface area (Å²) < 4.78 is 9.15. The molecule has 0 rings (SSSR count). The Kier molecular flexibility index (Phi) is 10.1. The zero-order valence-electron chi connectivity index (χ0n) is 10.2. The molecule has 0 spiro atoms. The quantitative estimate of drug-likeness (QED) is 0.455. The third-order valence-electron chi connectivity index (χ3n) is 2.11. The van der Waals surface area contributed by atoms with Gasteiger partial charge in [0, 0.05) is 12.8 Å². The summed E-state index contributed by atoms with van der Waals surface area (Å²) in [4.78, 5) is 22.0. The highest BCUT2D eigenvalue weighted by atomic mass is 16.5. The molecule has 0 aliphatic carbocycles. The first-order chi connectivity index (χ1) is 8.70. The number of hydrogen-bond donors (Lipinski definition) is 0. The van der Waals surface area contributed by atoms with Crippen molar-refractivity contribution < 1.29 is 19.1 Å². The summed E-state index contributed by atoms with van der Waals surface area (Å²) in [6.45, 7) is -0.410. The van der Waals surface area contributed by atoms with E-state index in [1.54, 1.807) is 12.1 Å². The third kappa shape index (κ3) is 10.4. The number of nitriles is 2. The first kappa shape index (κ1) is 15.9. The molecule has 98 valence electrons. The van der Waals surface area contributed by atoms with Gasteiger partial charge in [0.05, 0.1) is 0 Å². The van der Waals surface area contributed by atoms with Crippen LogP contribution in [-0.4, -0.2) is 25.2 Å². The molecule has 0 aromatic rings. The van der Waals surface area contributed by atoms with Crippen LogP contribution in [0.2, 0.25) is 0 Å². The second-order valence-electron chi connectivity index (χ2n) is 3.55. The van der Waals surface area contributed by atoms with Crippen LogP contribution in [0.4, 0.5) is 0 Å². The average Bonchev–Trinajstić information content (AvgIpc) is 2.37. The molecule has 0 aliphatic rings. The number of unbranched alkanes of at least 4 members (excludes halogenated alkanes) is 3. The minimum Gasteiger partial charge on any atom is -0.450 e. The summed E-state index contributed by atoms with van der Waals surface area (Å²) in [7, 11) is 0. The van der Waals surface area contributed by atoms with Crippen molar-refractivity contribution in [3.05, 3.63) is 0 Å². The van der Waals surface area contributed by atoms with E-state index in [2.05, 4.69) is 9.47 Å². The fourth-order valence-electron chi connectivity index (χ4n) is 1.26. The number of esters is 2. The highest BCUT2D eigenvalue weighted by Crippen LogP contribution is 2.06. The van der Waals surface area contributed by atoms with Crippen LogP contribution in [0, 0.1) is 22.7 Å². The molecule has 0 aromatic carbocycles. The van der Waals surface area contributed by atoms with Crippen LogP contribution >= 0.6 is 0 Å². The zero-order valence-corrected chi connectivity index (χ0v) is 10.2. The van der Waals surface area contributed by atoms with Crippen LogP contribution < -0.4 is 0 Å². The Morgan fingerprint density at radius 1 is 0.778 bits per heavy atom. The maximum atomic E-state index is 11.0. The molecule has 0 amide bonds. The van der Waals surface area contributed by atoms with Crippen LogP contribution in [-0.2, 0) is 19.1 Å². The van der Waals surface area contributed by atoms with Crippen molar-refractivity contribution in [2.75, 3.05) is 13.2 Å². The van der Waals surface area contributed by atoms with Gasteiger partial charge in [0.2, 0.25) is 0 Å². The molecule has 0 radical (unpaired) electrons. The molecular formula is C12H16N2O4. The Bertz CT molecular complexity index is 307. The first-order valence-corrected chi connectivity index (χ1v) is 5.76. The number of ether oxygens (including phenoxy) is 2. The average molecular weight is 252 g/mol. The number of hydrogen-bond acceptors (Lipinski definition) is 6. The number of carbonyl (C=O) groups excluding carboxylic acids is 2. The molecule has 0 aliphatic heterocycles. The highest BCUT2D eigenvalue weighted by molar-refractivity contribution is 5.69. The van der Waals surface area contributed by atoms with Crippen LogP contribution in [0.25, 0.3) is 0 Å². The van der Waals surface area contributed by atoms with E-state index in [9.17, 15) is 9.59 Å². The van der Waals surface area contributed by atoms with Gasteiger partial charge in [-0.15, -0.1) is 0 Å². The van der Waals surface area contributed by atoms with E-state index in [0.29, 0.717) is 25.7 Å². The van der Waals surface area contributed by atoms with Crippen LogP contribution in [0.1, 0.15) is 38.5 Å². The minimum absolute atomic E-state index is 0.205. The van der Waals surface area contributed by atoms with E-state index in [1.165, 1.54) is 0 Å². The van der Waals surface area contributed by atoms with Gasteiger partial charge < -0.3 is 9.47 Å². The molecule has 0 heterocycles. The van der Waals surface area contributed by atoms with Crippen molar-refractivity contribution in [2.45, 2.75) is 38.5 Å². The van der Waals surface area contributed by atoms with Gasteiger partial charge in [-0.2, -0.15) is 10.5 Å². The van der Waals surface area contributed by atoms with E-state index in [0.717, 1.165) is 12.8 Å². The normalized spacial score (nSPS) is 9.00. The number of carbonyl (C=O) groups is 2. The Balaban J connectivity index is 3.31. The van der Waals surface area contributed by atoms with Crippen LogP contribution in [0.15, 0.2) is 0 Å². The maximum absolute atomic E-state index is 11.0. The fraction of sp³-hybridized carbons (Fsp3) is 0.667. The molecule has 0 fully saturated rings. The number of nitrogens with zero attached hydrogens (tertiary/aromatic N) is 2. The van der Waals surface area contributed by atoms with E-state index >= 15 is 0 Å². The monoisotopic (exact) mass is 252 g/mol. The van der Waals surface area contributed by atoms with Crippen molar-refractivity contribution in [2.24, 2.45) is 0 Å². The Morgan fingerprint density at radius 3 is 1.50 bits per heavy atom. The Hall–Kier alpha value is -2.08. The fourth-order valence-corrected chi connectivity index (χ4v) is 1.26. The summed E-state index contributed by atoms with van der Waals surface area (Å²) in [6.07, 6.45) is 3.57. The van der Waals surface area contributed by atoms with Gasteiger partial charge in [0.15, 0.2) is 13.2 Å². The predicted molar refractivity (Wildman–Crippen MR) is 60.8 cm³/mol. The lowest BCUT2D eigenvalue weighted by molar-refractivity contribution is -0.143. The van der Waals surface area contributed by atoms with Gasteiger partial charge >= 0.3 is 11.9 Å². The van der Waals surface area contributed by atoms with E-state index in [1.807, 2.05) is 0 Å². The second kappa shape index (κ2) is 11.4. The Labute approximate surface area is 106 Å². The summed E-state index contributed by atoms with van der Waals surface area (Å²) in [6, 6.07) is 3.44. The van der Waals surface area contributed by atoms with Gasteiger partial charge in [-0.25, -0.2) is 0 Å². The molecule has 0 N–H and O–H groups in total. The summed E-state index contributed by atoms with van der Waals surface area (Å²) >= 11 is 0.